The molecule has 0 bridgehead atoms. The maximum atomic E-state index is 12.6. The summed E-state index contributed by atoms with van der Waals surface area (Å²) in [5.41, 5.74) is 3.33. The number of rotatable bonds is 8. The van der Waals surface area contributed by atoms with Gasteiger partial charge in [-0.05, 0) is 41.8 Å². The van der Waals surface area contributed by atoms with Crippen LogP contribution in [-0.4, -0.2) is 33.4 Å². The third kappa shape index (κ3) is 5.02. The normalized spacial score (nSPS) is 15.5. The number of fused-ring (bicyclic) bond motifs is 1. The van der Waals surface area contributed by atoms with Crippen molar-refractivity contribution in [2.75, 3.05) is 13.1 Å². The molecule has 178 valence electrons. The van der Waals surface area contributed by atoms with Gasteiger partial charge in [-0.2, -0.15) is 0 Å². The van der Waals surface area contributed by atoms with Crippen molar-refractivity contribution >= 4 is 11.6 Å². The Kier molecular flexibility index (Phi) is 6.45. The standard InChI is InChI=1S/C27H26N4O4/c32-27(28-15-14-20-5-2-1-3-6-20)25-13-12-23(35-25)19-30-18-17-29-16-4-7-24(29)26(30)21-8-10-22(11-9-21)31(33)34/h1-13,16,26H,14-15,17-19H2,(H,28,32). The summed E-state index contributed by atoms with van der Waals surface area (Å²) in [7, 11) is 0. The predicted octanol–water partition coefficient (Wildman–Crippen LogP) is 4.57. The molecule has 0 saturated carbocycles. The largest absolute Gasteiger partial charge is 0.455 e. The Morgan fingerprint density at radius 3 is 2.57 bits per heavy atom. The molecule has 8 nitrogen and oxygen atoms in total. The van der Waals surface area contributed by atoms with Crippen LogP contribution in [0.5, 0.6) is 0 Å². The molecule has 1 N–H and O–H groups in total. The minimum absolute atomic E-state index is 0.0699. The highest BCUT2D eigenvalue weighted by molar-refractivity contribution is 5.91. The summed E-state index contributed by atoms with van der Waals surface area (Å²) in [6, 6.07) is 24.3. The lowest BCUT2D eigenvalue weighted by Crippen LogP contribution is -2.37. The number of carbonyl (C=O) groups is 1. The van der Waals surface area contributed by atoms with Crippen molar-refractivity contribution in [1.29, 1.82) is 0 Å². The number of nitro benzene ring substituents is 1. The molecule has 0 radical (unpaired) electrons. The van der Waals surface area contributed by atoms with E-state index >= 15 is 0 Å². The average Bonchev–Trinajstić information content (AvgIpc) is 3.54. The number of aromatic nitrogens is 1. The number of furan rings is 1. The molecule has 35 heavy (non-hydrogen) atoms. The lowest BCUT2D eigenvalue weighted by atomic mass is 9.99. The van der Waals surface area contributed by atoms with Crippen LogP contribution in [0.15, 0.2) is 89.5 Å². The van der Waals surface area contributed by atoms with Gasteiger partial charge in [0.15, 0.2) is 5.76 Å². The Balaban J connectivity index is 1.28. The molecule has 1 aliphatic heterocycles. The molecule has 0 fully saturated rings. The lowest BCUT2D eigenvalue weighted by Gasteiger charge is -2.36. The second-order valence-electron chi connectivity index (χ2n) is 8.61. The van der Waals surface area contributed by atoms with Gasteiger partial charge in [0, 0.05) is 43.7 Å². The molecule has 0 saturated heterocycles. The van der Waals surface area contributed by atoms with Crippen molar-refractivity contribution < 1.29 is 14.1 Å². The molecule has 5 rings (SSSR count). The summed E-state index contributed by atoms with van der Waals surface area (Å²) in [6.45, 7) is 2.66. The van der Waals surface area contributed by atoms with E-state index in [2.05, 4.69) is 27.0 Å². The number of hydrogen-bond donors (Lipinski definition) is 1. The first kappa shape index (κ1) is 22.6. The molecule has 1 aliphatic rings. The second-order valence-corrected chi connectivity index (χ2v) is 8.61. The maximum absolute atomic E-state index is 12.6. The van der Waals surface area contributed by atoms with Gasteiger partial charge in [-0.15, -0.1) is 0 Å². The Labute approximate surface area is 202 Å². The van der Waals surface area contributed by atoms with Crippen LogP contribution in [0, 0.1) is 10.1 Å². The summed E-state index contributed by atoms with van der Waals surface area (Å²) in [5.74, 6) is 0.761. The minimum atomic E-state index is -0.388. The maximum Gasteiger partial charge on any atom is 0.287 e. The van der Waals surface area contributed by atoms with Crippen LogP contribution in [-0.2, 0) is 19.5 Å². The molecule has 1 atom stereocenters. The first-order chi connectivity index (χ1) is 17.1. The van der Waals surface area contributed by atoms with E-state index in [-0.39, 0.29) is 22.6 Å². The molecule has 0 spiro atoms. The van der Waals surface area contributed by atoms with Crippen molar-refractivity contribution in [3.8, 4) is 0 Å². The van der Waals surface area contributed by atoms with Crippen molar-refractivity contribution in [1.82, 2.24) is 14.8 Å². The highest BCUT2D eigenvalue weighted by Gasteiger charge is 2.30. The van der Waals surface area contributed by atoms with Gasteiger partial charge in [-0.1, -0.05) is 42.5 Å². The fourth-order valence-corrected chi connectivity index (χ4v) is 4.60. The van der Waals surface area contributed by atoms with Gasteiger partial charge >= 0.3 is 0 Å². The van der Waals surface area contributed by atoms with Gasteiger partial charge in [-0.25, -0.2) is 0 Å². The summed E-state index contributed by atoms with van der Waals surface area (Å²) in [4.78, 5) is 25.5. The summed E-state index contributed by atoms with van der Waals surface area (Å²) in [5, 5.41) is 14.0. The van der Waals surface area contributed by atoms with E-state index in [9.17, 15) is 14.9 Å². The molecule has 2 aromatic carbocycles. The van der Waals surface area contributed by atoms with Crippen LogP contribution in [0.1, 0.15) is 39.2 Å². The smallest absolute Gasteiger partial charge is 0.287 e. The van der Waals surface area contributed by atoms with Crippen LogP contribution in [0.25, 0.3) is 0 Å². The molecule has 2 aromatic heterocycles. The molecule has 0 aliphatic carbocycles. The van der Waals surface area contributed by atoms with Crippen LogP contribution < -0.4 is 5.32 Å². The van der Waals surface area contributed by atoms with E-state index < -0.39 is 0 Å². The molecule has 1 unspecified atom stereocenters. The molecule has 4 aromatic rings. The fraction of sp³-hybridized carbons (Fsp3) is 0.222. The Morgan fingerprint density at radius 2 is 1.80 bits per heavy atom. The first-order valence-corrected chi connectivity index (χ1v) is 11.6. The van der Waals surface area contributed by atoms with E-state index in [4.69, 9.17) is 4.42 Å². The van der Waals surface area contributed by atoms with E-state index in [1.165, 1.54) is 5.56 Å². The zero-order chi connectivity index (χ0) is 24.2. The number of nitrogens with one attached hydrogen (secondary N) is 1. The van der Waals surface area contributed by atoms with Crippen molar-refractivity contribution in [2.45, 2.75) is 25.6 Å². The zero-order valence-electron chi connectivity index (χ0n) is 19.2. The topological polar surface area (TPSA) is 93.5 Å². The number of nitro groups is 1. The van der Waals surface area contributed by atoms with Crippen molar-refractivity contribution in [2.24, 2.45) is 0 Å². The molecule has 1 amide bonds. The molecular weight excluding hydrogens is 444 g/mol. The average molecular weight is 471 g/mol. The van der Waals surface area contributed by atoms with Crippen LogP contribution >= 0.6 is 0 Å². The van der Waals surface area contributed by atoms with Gasteiger partial charge < -0.3 is 14.3 Å². The molecule has 3 heterocycles. The summed E-state index contributed by atoms with van der Waals surface area (Å²) < 4.78 is 8.11. The van der Waals surface area contributed by atoms with E-state index in [1.807, 2.05) is 54.6 Å². The van der Waals surface area contributed by atoms with Gasteiger partial charge in [0.1, 0.15) is 5.76 Å². The second kappa shape index (κ2) is 9.99. The number of amides is 1. The van der Waals surface area contributed by atoms with Gasteiger partial charge in [-0.3, -0.25) is 19.8 Å². The number of non-ortho nitro benzene ring substituents is 1. The Hall–Kier alpha value is -4.17. The van der Waals surface area contributed by atoms with Crippen molar-refractivity contribution in [3.63, 3.8) is 0 Å². The van der Waals surface area contributed by atoms with E-state index in [0.29, 0.717) is 24.6 Å². The van der Waals surface area contributed by atoms with E-state index in [0.717, 1.165) is 30.8 Å². The van der Waals surface area contributed by atoms with E-state index in [1.54, 1.807) is 18.2 Å². The highest BCUT2D eigenvalue weighted by Crippen LogP contribution is 2.34. The number of carbonyl (C=O) groups excluding carboxylic acids is 1. The third-order valence-electron chi connectivity index (χ3n) is 6.34. The summed E-state index contributed by atoms with van der Waals surface area (Å²) >= 11 is 0. The van der Waals surface area contributed by atoms with Crippen LogP contribution in [0.4, 0.5) is 5.69 Å². The first-order valence-electron chi connectivity index (χ1n) is 11.6. The third-order valence-corrected chi connectivity index (χ3v) is 6.34. The zero-order valence-corrected chi connectivity index (χ0v) is 19.2. The van der Waals surface area contributed by atoms with Crippen molar-refractivity contribution in [3.05, 3.63) is 124 Å². The number of nitrogens with zero attached hydrogens (tertiary/aromatic N) is 3. The minimum Gasteiger partial charge on any atom is -0.455 e. The molecular formula is C27H26N4O4. The lowest BCUT2D eigenvalue weighted by molar-refractivity contribution is -0.384. The van der Waals surface area contributed by atoms with Gasteiger partial charge in [0.25, 0.3) is 11.6 Å². The highest BCUT2D eigenvalue weighted by atomic mass is 16.6. The molecule has 8 heteroatoms. The van der Waals surface area contributed by atoms with Gasteiger partial charge in [0.2, 0.25) is 0 Å². The predicted molar refractivity (Wildman–Crippen MR) is 131 cm³/mol. The fourth-order valence-electron chi connectivity index (χ4n) is 4.60. The number of hydrogen-bond acceptors (Lipinski definition) is 5. The Morgan fingerprint density at radius 1 is 1.00 bits per heavy atom. The Bertz CT molecular complexity index is 1310. The van der Waals surface area contributed by atoms with Crippen LogP contribution in [0.3, 0.4) is 0 Å². The monoisotopic (exact) mass is 470 g/mol. The van der Waals surface area contributed by atoms with Crippen LogP contribution in [0.2, 0.25) is 0 Å². The number of benzene rings is 2. The quantitative estimate of drug-likeness (QED) is 0.301. The van der Waals surface area contributed by atoms with Gasteiger partial charge in [0.05, 0.1) is 17.5 Å². The SMILES string of the molecule is O=C(NCCc1ccccc1)c1ccc(CN2CCn3cccc3C2c2ccc([N+](=O)[O-])cc2)o1. The summed E-state index contributed by atoms with van der Waals surface area (Å²) in [6.07, 6.45) is 2.81.